The molecule has 0 saturated heterocycles. The number of hydrogen-bond acceptors (Lipinski definition) is 9. The highest BCUT2D eigenvalue weighted by atomic mass is 16.5. The Hall–Kier alpha value is -7.34. The number of benzene rings is 7. The van der Waals surface area contributed by atoms with Gasteiger partial charge < -0.3 is 14.4 Å². The van der Waals surface area contributed by atoms with E-state index in [4.69, 9.17) is 40.1 Å². The van der Waals surface area contributed by atoms with Crippen LogP contribution in [0, 0.1) is 0 Å². The van der Waals surface area contributed by atoms with Crippen LogP contribution in [0.15, 0.2) is 115 Å². The summed E-state index contributed by atoms with van der Waals surface area (Å²) < 4.78 is 11.9. The summed E-state index contributed by atoms with van der Waals surface area (Å²) in [6, 6.07) is 39.5. The van der Waals surface area contributed by atoms with Gasteiger partial charge in [-0.3, -0.25) is 0 Å². The monoisotopic (exact) mass is 722 g/mol. The molecular formula is C43H34N10O2. The molecule has 0 aliphatic heterocycles. The fraction of sp³-hybridized carbons (Fsp3) is 0.116. The van der Waals surface area contributed by atoms with Gasteiger partial charge in [-0.15, -0.1) is 5.10 Å². The van der Waals surface area contributed by atoms with Crippen LogP contribution in [0.2, 0.25) is 0 Å². The molecule has 0 fully saturated rings. The highest BCUT2D eigenvalue weighted by molar-refractivity contribution is 6.18. The Balaban J connectivity index is 1.32. The average molecular weight is 723 g/mol. The maximum Gasteiger partial charge on any atom is 0.157 e. The number of rotatable bonds is 7. The molecule has 12 heteroatoms. The number of aryl methyl sites for hydroxylation is 3. The van der Waals surface area contributed by atoms with Crippen molar-refractivity contribution in [1.82, 2.24) is 45.0 Å². The maximum atomic E-state index is 6.17. The molecule has 7 aromatic carbocycles. The van der Waals surface area contributed by atoms with E-state index >= 15 is 0 Å². The molecule has 12 nitrogen and oxygen atoms in total. The van der Waals surface area contributed by atoms with Crippen LogP contribution >= 0.6 is 0 Å². The Bertz CT molecular complexity index is 3070. The van der Waals surface area contributed by atoms with E-state index in [-0.39, 0.29) is 0 Å². The van der Waals surface area contributed by atoms with Crippen molar-refractivity contribution in [1.29, 1.82) is 0 Å². The molecule has 0 atom stereocenters. The smallest absolute Gasteiger partial charge is 0.157 e. The van der Waals surface area contributed by atoms with Gasteiger partial charge in [-0.05, 0) is 63.0 Å². The minimum atomic E-state index is 0.608. The molecule has 10 rings (SSSR count). The van der Waals surface area contributed by atoms with Gasteiger partial charge in [-0.25, -0.2) is 0 Å². The van der Waals surface area contributed by atoms with E-state index in [1.165, 1.54) is 0 Å². The lowest BCUT2D eigenvalue weighted by molar-refractivity contribution is 0.417. The van der Waals surface area contributed by atoms with Gasteiger partial charge in [0.2, 0.25) is 0 Å². The summed E-state index contributed by atoms with van der Waals surface area (Å²) in [5, 5.41) is 34.2. The predicted molar refractivity (Wildman–Crippen MR) is 216 cm³/mol. The van der Waals surface area contributed by atoms with Crippen LogP contribution in [0.3, 0.4) is 0 Å². The van der Waals surface area contributed by atoms with E-state index < -0.39 is 0 Å². The van der Waals surface area contributed by atoms with Crippen molar-refractivity contribution in [3.05, 3.63) is 115 Å². The second-order valence-electron chi connectivity index (χ2n) is 13.4. The Kier molecular flexibility index (Phi) is 7.27. The number of fused-ring (bicyclic) bond motifs is 5. The van der Waals surface area contributed by atoms with Gasteiger partial charge in [-0.2, -0.15) is 39.9 Å². The number of ether oxygens (including phenoxy) is 2. The maximum absolute atomic E-state index is 6.17. The van der Waals surface area contributed by atoms with Crippen LogP contribution in [0.4, 0.5) is 17.1 Å². The lowest BCUT2D eigenvalue weighted by Gasteiger charge is -2.27. The molecule has 0 unspecified atom stereocenters. The second kappa shape index (κ2) is 12.4. The summed E-state index contributed by atoms with van der Waals surface area (Å²) in [5.41, 5.74) is 10.1. The molecular weight excluding hydrogens is 689 g/mol. The van der Waals surface area contributed by atoms with Gasteiger partial charge in [0.05, 0.1) is 36.8 Å². The summed E-state index contributed by atoms with van der Waals surface area (Å²) in [4.78, 5) is 6.90. The first kappa shape index (κ1) is 32.3. The normalized spacial score (nSPS) is 11.7. The van der Waals surface area contributed by atoms with Gasteiger partial charge >= 0.3 is 0 Å². The van der Waals surface area contributed by atoms with Gasteiger partial charge in [0.15, 0.2) is 5.52 Å². The van der Waals surface area contributed by atoms with Crippen molar-refractivity contribution in [3.63, 3.8) is 0 Å². The molecule has 0 radical (unpaired) electrons. The lowest BCUT2D eigenvalue weighted by atomic mass is 9.91. The van der Waals surface area contributed by atoms with Crippen LogP contribution in [-0.4, -0.2) is 59.2 Å². The minimum absolute atomic E-state index is 0.608. The van der Waals surface area contributed by atoms with Gasteiger partial charge in [-0.1, -0.05) is 78.9 Å². The van der Waals surface area contributed by atoms with E-state index in [0.29, 0.717) is 44.8 Å². The molecule has 0 spiro atoms. The molecule has 3 aromatic heterocycles. The van der Waals surface area contributed by atoms with Gasteiger partial charge in [0.1, 0.15) is 39.1 Å². The van der Waals surface area contributed by atoms with E-state index in [9.17, 15) is 0 Å². The summed E-state index contributed by atoms with van der Waals surface area (Å²) in [6.07, 6.45) is 0. The lowest BCUT2D eigenvalue weighted by Crippen LogP contribution is -2.13. The molecule has 0 amide bonds. The highest BCUT2D eigenvalue weighted by Crippen LogP contribution is 2.50. The van der Waals surface area contributed by atoms with Crippen molar-refractivity contribution in [3.8, 4) is 33.8 Å². The summed E-state index contributed by atoms with van der Waals surface area (Å²) in [7, 11) is 8.79. The van der Waals surface area contributed by atoms with Gasteiger partial charge in [0, 0.05) is 32.8 Å². The third kappa shape index (κ3) is 4.98. The van der Waals surface area contributed by atoms with Crippen molar-refractivity contribution in [2.24, 2.45) is 21.1 Å². The summed E-state index contributed by atoms with van der Waals surface area (Å²) in [6.45, 7) is 0. The van der Waals surface area contributed by atoms with Crippen molar-refractivity contribution >= 4 is 71.7 Å². The first-order valence-electron chi connectivity index (χ1n) is 17.8. The Morgan fingerprint density at radius 3 is 1.58 bits per heavy atom. The zero-order valence-electron chi connectivity index (χ0n) is 30.8. The number of nitrogens with zero attached hydrogens (tertiary/aromatic N) is 10. The minimum Gasteiger partial charge on any atom is -0.496 e. The van der Waals surface area contributed by atoms with E-state index in [1.807, 2.05) is 50.5 Å². The standard InChI is InChI=1S/C43H34N10O2/c1-50-44-38-30(37-28-17-11-9-15-26(28)23-27-16-10-12-18-29(27)37)19-20-31(39(38)45-50)53(32-21-22-34(54-4)42-40(32)46-51(2)48-42)33-24-35(55-5)36(25-13-7-6-8-14-25)43-41(33)47-52(3)49-43/h6-24H,1-5H3. The van der Waals surface area contributed by atoms with E-state index in [0.717, 1.165) is 60.7 Å². The predicted octanol–water partition coefficient (Wildman–Crippen LogP) is 8.66. The van der Waals surface area contributed by atoms with Crippen LogP contribution < -0.4 is 14.4 Å². The van der Waals surface area contributed by atoms with Crippen LogP contribution in [0.5, 0.6) is 11.5 Å². The molecule has 0 aliphatic rings. The summed E-state index contributed by atoms with van der Waals surface area (Å²) in [5.74, 6) is 1.24. The van der Waals surface area contributed by atoms with Crippen molar-refractivity contribution in [2.75, 3.05) is 19.1 Å². The first-order chi connectivity index (χ1) is 26.9. The summed E-state index contributed by atoms with van der Waals surface area (Å²) >= 11 is 0. The quantitative estimate of drug-likeness (QED) is 0.149. The van der Waals surface area contributed by atoms with Gasteiger partial charge in [0.25, 0.3) is 0 Å². The Labute approximate surface area is 314 Å². The molecule has 0 aliphatic carbocycles. The van der Waals surface area contributed by atoms with E-state index in [2.05, 4.69) is 83.8 Å². The molecule has 10 aromatic rings. The molecule has 0 bridgehead atoms. The van der Waals surface area contributed by atoms with Crippen molar-refractivity contribution < 1.29 is 9.47 Å². The number of aromatic nitrogens is 9. The number of hydrogen-bond donors (Lipinski definition) is 0. The van der Waals surface area contributed by atoms with Crippen molar-refractivity contribution in [2.45, 2.75) is 0 Å². The zero-order valence-corrected chi connectivity index (χ0v) is 30.8. The average Bonchev–Trinajstić information content (AvgIpc) is 3.92. The molecule has 55 heavy (non-hydrogen) atoms. The topological polar surface area (TPSA) is 114 Å². The third-order valence-electron chi connectivity index (χ3n) is 10.2. The second-order valence-corrected chi connectivity index (χ2v) is 13.4. The van der Waals surface area contributed by atoms with Crippen LogP contribution in [0.25, 0.3) is 76.9 Å². The molecule has 0 saturated carbocycles. The number of anilines is 3. The fourth-order valence-corrected chi connectivity index (χ4v) is 7.90. The third-order valence-corrected chi connectivity index (χ3v) is 10.2. The zero-order chi connectivity index (χ0) is 37.4. The number of methoxy groups -OCH3 is 2. The largest absolute Gasteiger partial charge is 0.496 e. The van der Waals surface area contributed by atoms with Crippen LogP contribution in [-0.2, 0) is 21.1 Å². The highest BCUT2D eigenvalue weighted by Gasteiger charge is 2.30. The molecule has 0 N–H and O–H groups in total. The Morgan fingerprint density at radius 1 is 0.436 bits per heavy atom. The SMILES string of the molecule is COc1cc(N(c2ccc(OC)c3nn(C)nc23)c2ccc(-c3c4ccccc4cc4ccccc34)c3nn(C)nc23)c2nn(C)nc2c1-c1ccccc1. The molecule has 3 heterocycles. The first-order valence-corrected chi connectivity index (χ1v) is 17.8. The van der Waals surface area contributed by atoms with E-state index in [1.54, 1.807) is 35.7 Å². The molecule has 268 valence electrons. The Morgan fingerprint density at radius 2 is 0.945 bits per heavy atom. The fourth-order valence-electron chi connectivity index (χ4n) is 7.90. The van der Waals surface area contributed by atoms with Crippen LogP contribution in [0.1, 0.15) is 0 Å².